The highest BCUT2D eigenvalue weighted by atomic mass is 79.9. The zero-order valence-electron chi connectivity index (χ0n) is 9.69. The predicted octanol–water partition coefficient (Wildman–Crippen LogP) is 2.89. The maximum atomic E-state index is 8.99. The van der Waals surface area contributed by atoms with Gasteiger partial charge < -0.3 is 14.6 Å². The standard InChI is InChI=1S/C13H17BrO3/c14-12-8-10(9-15)3-4-13(12)17-7-5-11-2-1-6-16-11/h3-4,8,11,15H,1-2,5-7,9H2. The van der Waals surface area contributed by atoms with E-state index in [9.17, 15) is 0 Å². The molecule has 0 spiro atoms. The number of hydrogen-bond donors (Lipinski definition) is 1. The number of hydrogen-bond acceptors (Lipinski definition) is 3. The third kappa shape index (κ3) is 3.69. The van der Waals surface area contributed by atoms with Gasteiger partial charge in [0.1, 0.15) is 5.75 Å². The topological polar surface area (TPSA) is 38.7 Å². The summed E-state index contributed by atoms with van der Waals surface area (Å²) >= 11 is 3.43. The Morgan fingerprint density at radius 1 is 1.47 bits per heavy atom. The molecule has 4 heteroatoms. The van der Waals surface area contributed by atoms with Crippen LogP contribution >= 0.6 is 15.9 Å². The Bertz CT molecular complexity index is 362. The molecule has 0 radical (unpaired) electrons. The molecule has 1 aromatic carbocycles. The van der Waals surface area contributed by atoms with Crippen LogP contribution < -0.4 is 4.74 Å². The molecule has 1 atom stereocenters. The van der Waals surface area contributed by atoms with Crippen LogP contribution in [0, 0.1) is 0 Å². The number of aliphatic hydroxyl groups is 1. The molecule has 1 aliphatic rings. The number of aliphatic hydroxyl groups excluding tert-OH is 1. The molecular weight excluding hydrogens is 284 g/mol. The molecule has 3 nitrogen and oxygen atoms in total. The van der Waals surface area contributed by atoms with Crippen molar-refractivity contribution in [3.05, 3.63) is 28.2 Å². The van der Waals surface area contributed by atoms with Gasteiger partial charge in [-0.15, -0.1) is 0 Å². The summed E-state index contributed by atoms with van der Waals surface area (Å²) < 4.78 is 12.1. The first-order valence-electron chi connectivity index (χ1n) is 5.93. The highest BCUT2D eigenvalue weighted by molar-refractivity contribution is 9.10. The van der Waals surface area contributed by atoms with E-state index >= 15 is 0 Å². The predicted molar refractivity (Wildman–Crippen MR) is 69.2 cm³/mol. The summed E-state index contributed by atoms with van der Waals surface area (Å²) in [6.07, 6.45) is 3.62. The Kier molecular flexibility index (Phi) is 4.83. The van der Waals surface area contributed by atoms with E-state index in [2.05, 4.69) is 15.9 Å². The van der Waals surface area contributed by atoms with Crippen molar-refractivity contribution in [2.75, 3.05) is 13.2 Å². The van der Waals surface area contributed by atoms with Crippen LogP contribution in [0.25, 0.3) is 0 Å². The minimum absolute atomic E-state index is 0.0504. The summed E-state index contributed by atoms with van der Waals surface area (Å²) in [5.74, 6) is 0.820. The highest BCUT2D eigenvalue weighted by Crippen LogP contribution is 2.26. The Hall–Kier alpha value is -0.580. The SMILES string of the molecule is OCc1ccc(OCCC2CCCO2)c(Br)c1. The van der Waals surface area contributed by atoms with Gasteiger partial charge in [-0.25, -0.2) is 0 Å². The van der Waals surface area contributed by atoms with Crippen LogP contribution in [0.15, 0.2) is 22.7 Å². The van der Waals surface area contributed by atoms with Gasteiger partial charge in [-0.05, 0) is 46.5 Å². The zero-order valence-corrected chi connectivity index (χ0v) is 11.3. The van der Waals surface area contributed by atoms with Crippen LogP contribution in [0.4, 0.5) is 0 Å². The molecule has 1 N–H and O–H groups in total. The highest BCUT2D eigenvalue weighted by Gasteiger charge is 2.15. The lowest BCUT2D eigenvalue weighted by atomic mass is 10.2. The number of benzene rings is 1. The maximum Gasteiger partial charge on any atom is 0.133 e. The molecule has 1 aliphatic heterocycles. The summed E-state index contributed by atoms with van der Waals surface area (Å²) in [6.45, 7) is 1.61. The van der Waals surface area contributed by atoms with Gasteiger partial charge >= 0.3 is 0 Å². The van der Waals surface area contributed by atoms with Crippen molar-refractivity contribution in [1.82, 2.24) is 0 Å². The maximum absolute atomic E-state index is 8.99. The van der Waals surface area contributed by atoms with Crippen LogP contribution in [-0.4, -0.2) is 24.4 Å². The fourth-order valence-corrected chi connectivity index (χ4v) is 2.47. The minimum Gasteiger partial charge on any atom is -0.492 e. The van der Waals surface area contributed by atoms with Crippen molar-refractivity contribution in [1.29, 1.82) is 0 Å². The molecule has 2 rings (SSSR count). The first kappa shape index (κ1) is 12.9. The van der Waals surface area contributed by atoms with E-state index < -0.39 is 0 Å². The van der Waals surface area contributed by atoms with Crippen LogP contribution in [0.1, 0.15) is 24.8 Å². The van der Waals surface area contributed by atoms with Crippen LogP contribution in [0.5, 0.6) is 5.75 Å². The summed E-state index contributed by atoms with van der Waals surface area (Å²) in [6, 6.07) is 5.62. The molecule has 0 aromatic heterocycles. The van der Waals surface area contributed by atoms with Gasteiger partial charge in [0, 0.05) is 13.0 Å². The van der Waals surface area contributed by atoms with Crippen molar-refractivity contribution < 1.29 is 14.6 Å². The van der Waals surface area contributed by atoms with E-state index in [1.807, 2.05) is 18.2 Å². The molecule has 0 aliphatic carbocycles. The number of ether oxygens (including phenoxy) is 2. The monoisotopic (exact) mass is 300 g/mol. The Morgan fingerprint density at radius 3 is 3.00 bits per heavy atom. The van der Waals surface area contributed by atoms with Crippen LogP contribution in [0.2, 0.25) is 0 Å². The van der Waals surface area contributed by atoms with Gasteiger partial charge in [0.25, 0.3) is 0 Å². The number of rotatable bonds is 5. The van der Waals surface area contributed by atoms with Gasteiger partial charge in [0.2, 0.25) is 0 Å². The molecule has 0 saturated carbocycles. The fraction of sp³-hybridized carbons (Fsp3) is 0.538. The average Bonchev–Trinajstić information content (AvgIpc) is 2.84. The molecule has 0 bridgehead atoms. The van der Waals surface area contributed by atoms with Gasteiger partial charge in [0.15, 0.2) is 0 Å². The first-order chi connectivity index (χ1) is 8.29. The third-order valence-corrected chi connectivity index (χ3v) is 3.52. The van der Waals surface area contributed by atoms with Crippen molar-refractivity contribution in [2.24, 2.45) is 0 Å². The molecule has 0 amide bonds. The van der Waals surface area contributed by atoms with Gasteiger partial charge in [-0.3, -0.25) is 0 Å². The van der Waals surface area contributed by atoms with Crippen molar-refractivity contribution >= 4 is 15.9 Å². The van der Waals surface area contributed by atoms with E-state index in [-0.39, 0.29) is 6.61 Å². The van der Waals surface area contributed by atoms with E-state index in [0.29, 0.717) is 12.7 Å². The van der Waals surface area contributed by atoms with Crippen LogP contribution in [-0.2, 0) is 11.3 Å². The summed E-state index contributed by atoms with van der Waals surface area (Å²) in [5.41, 5.74) is 0.878. The second kappa shape index (κ2) is 6.38. The summed E-state index contributed by atoms with van der Waals surface area (Å²) in [4.78, 5) is 0. The molecular formula is C13H17BrO3. The van der Waals surface area contributed by atoms with Crippen molar-refractivity contribution in [3.63, 3.8) is 0 Å². The summed E-state index contributed by atoms with van der Waals surface area (Å²) in [5, 5.41) is 8.99. The lowest BCUT2D eigenvalue weighted by Crippen LogP contribution is -2.10. The number of halogens is 1. The van der Waals surface area contributed by atoms with E-state index in [1.165, 1.54) is 6.42 Å². The quantitative estimate of drug-likeness (QED) is 0.909. The van der Waals surface area contributed by atoms with Crippen molar-refractivity contribution in [2.45, 2.75) is 32.0 Å². The second-order valence-electron chi connectivity index (χ2n) is 4.20. The first-order valence-corrected chi connectivity index (χ1v) is 6.72. The Labute approximate surface area is 110 Å². The summed E-state index contributed by atoms with van der Waals surface area (Å²) in [7, 11) is 0. The lowest BCUT2D eigenvalue weighted by Gasteiger charge is -2.12. The van der Waals surface area contributed by atoms with Gasteiger partial charge in [0.05, 0.1) is 23.8 Å². The van der Waals surface area contributed by atoms with Gasteiger partial charge in [-0.2, -0.15) is 0 Å². The molecule has 17 heavy (non-hydrogen) atoms. The smallest absolute Gasteiger partial charge is 0.133 e. The molecule has 1 unspecified atom stereocenters. The van der Waals surface area contributed by atoms with E-state index in [1.54, 1.807) is 0 Å². The fourth-order valence-electron chi connectivity index (χ4n) is 1.93. The zero-order chi connectivity index (χ0) is 12.1. The second-order valence-corrected chi connectivity index (χ2v) is 5.05. The van der Waals surface area contributed by atoms with Gasteiger partial charge in [-0.1, -0.05) is 6.07 Å². The third-order valence-electron chi connectivity index (χ3n) is 2.90. The normalized spacial score (nSPS) is 19.5. The van der Waals surface area contributed by atoms with E-state index in [0.717, 1.165) is 35.2 Å². The lowest BCUT2D eigenvalue weighted by molar-refractivity contribution is 0.0902. The Balaban J connectivity index is 1.81. The largest absolute Gasteiger partial charge is 0.492 e. The average molecular weight is 301 g/mol. The molecule has 1 aromatic rings. The molecule has 1 heterocycles. The van der Waals surface area contributed by atoms with Crippen LogP contribution in [0.3, 0.4) is 0 Å². The molecule has 94 valence electrons. The molecule has 1 saturated heterocycles. The molecule has 1 fully saturated rings. The van der Waals surface area contributed by atoms with E-state index in [4.69, 9.17) is 14.6 Å². The van der Waals surface area contributed by atoms with Crippen molar-refractivity contribution in [3.8, 4) is 5.75 Å². The minimum atomic E-state index is 0.0504. The Morgan fingerprint density at radius 2 is 2.35 bits per heavy atom.